The molecule has 0 saturated heterocycles. The number of para-hydroxylation sites is 2. The van der Waals surface area contributed by atoms with Gasteiger partial charge in [0.2, 0.25) is 5.91 Å². The maximum Gasteiger partial charge on any atom is 0.412 e. The van der Waals surface area contributed by atoms with Gasteiger partial charge in [0.1, 0.15) is 5.75 Å². The minimum absolute atomic E-state index is 0.0961. The zero-order chi connectivity index (χ0) is 25.9. The maximum absolute atomic E-state index is 12.7. The third-order valence-electron chi connectivity index (χ3n) is 5.29. The van der Waals surface area contributed by atoms with E-state index in [1.165, 1.54) is 25.3 Å². The van der Waals surface area contributed by atoms with Gasteiger partial charge in [-0.05, 0) is 73.0 Å². The molecule has 0 radical (unpaired) electrons. The molecule has 2 amide bonds. The molecule has 8 nitrogen and oxygen atoms in total. The lowest BCUT2D eigenvalue weighted by molar-refractivity contribution is -0.111. The summed E-state index contributed by atoms with van der Waals surface area (Å²) in [5, 5.41) is 15.1. The molecule has 36 heavy (non-hydrogen) atoms. The molecule has 5 N–H and O–H groups in total. The predicted octanol–water partition coefficient (Wildman–Crippen LogP) is 6.02. The number of anilines is 3. The van der Waals surface area contributed by atoms with Crippen molar-refractivity contribution in [2.75, 3.05) is 23.5 Å². The Balaban J connectivity index is 1.64. The Kier molecular flexibility index (Phi) is 9.91. The van der Waals surface area contributed by atoms with Crippen molar-refractivity contribution in [3.8, 4) is 5.75 Å². The number of hydrogen-bond acceptors (Lipinski definition) is 6. The van der Waals surface area contributed by atoms with Crippen LogP contribution in [0.15, 0.2) is 89.4 Å². The zero-order valence-electron chi connectivity index (χ0n) is 19.7. The summed E-state index contributed by atoms with van der Waals surface area (Å²) in [6.07, 6.45) is 2.19. The van der Waals surface area contributed by atoms with Gasteiger partial charge in [0.15, 0.2) is 6.10 Å². The highest BCUT2D eigenvalue weighted by Crippen LogP contribution is 2.29. The van der Waals surface area contributed by atoms with Gasteiger partial charge in [0, 0.05) is 17.3 Å². The van der Waals surface area contributed by atoms with Crippen molar-refractivity contribution in [2.24, 2.45) is 0 Å². The average molecular weight is 554 g/mol. The largest absolute Gasteiger partial charge is 0.508 e. The van der Waals surface area contributed by atoms with Gasteiger partial charge in [-0.1, -0.05) is 46.3 Å². The number of rotatable bonds is 10. The fourth-order valence-electron chi connectivity index (χ4n) is 3.45. The summed E-state index contributed by atoms with van der Waals surface area (Å²) in [7, 11) is 1.53. The van der Waals surface area contributed by atoms with Gasteiger partial charge >= 0.3 is 6.09 Å². The molecule has 9 heteroatoms. The molecule has 0 saturated carbocycles. The standard InChI is InChI=1S/C27H28BrN3O5/c1-35-24(8-4-5-9-25(33)31-23-7-3-2-6-22(23)29)26(18-10-16-21(32)17-11-18)36-27(34)30-20-14-12-19(28)13-15-20/h2-3,5-7,9-17,24,26,32H,4,8,29H2,1H3,(H,30,34)(H,31,33)/b9-5+/t24-,26-/m1/s1. The van der Waals surface area contributed by atoms with Crippen LogP contribution in [0.1, 0.15) is 24.5 Å². The molecule has 0 bridgehead atoms. The molecule has 0 unspecified atom stereocenters. The van der Waals surface area contributed by atoms with Crippen LogP contribution in [0.4, 0.5) is 21.9 Å². The van der Waals surface area contributed by atoms with Gasteiger partial charge in [-0.3, -0.25) is 10.1 Å². The first-order chi connectivity index (χ1) is 17.4. The van der Waals surface area contributed by atoms with Gasteiger partial charge in [-0.25, -0.2) is 4.79 Å². The van der Waals surface area contributed by atoms with Crippen molar-refractivity contribution >= 4 is 45.0 Å². The fraction of sp³-hybridized carbons (Fsp3) is 0.185. The minimum Gasteiger partial charge on any atom is -0.508 e. The molecule has 0 fully saturated rings. The molecule has 3 aromatic rings. The summed E-state index contributed by atoms with van der Waals surface area (Å²) in [6, 6.07) is 20.5. The molecule has 0 spiro atoms. The summed E-state index contributed by atoms with van der Waals surface area (Å²) >= 11 is 3.36. The Hall–Kier alpha value is -3.82. The number of allylic oxidation sites excluding steroid dienone is 1. The molecular weight excluding hydrogens is 526 g/mol. The van der Waals surface area contributed by atoms with Crippen LogP contribution in [-0.4, -0.2) is 30.3 Å². The lowest BCUT2D eigenvalue weighted by Crippen LogP contribution is -2.28. The van der Waals surface area contributed by atoms with E-state index in [9.17, 15) is 14.7 Å². The van der Waals surface area contributed by atoms with Crippen molar-refractivity contribution in [3.05, 3.63) is 95.0 Å². The van der Waals surface area contributed by atoms with Crippen LogP contribution in [0.3, 0.4) is 0 Å². The second-order valence-electron chi connectivity index (χ2n) is 7.88. The summed E-state index contributed by atoms with van der Waals surface area (Å²) < 4.78 is 12.3. The third kappa shape index (κ3) is 8.14. The fourth-order valence-corrected chi connectivity index (χ4v) is 3.71. The zero-order valence-corrected chi connectivity index (χ0v) is 21.3. The SMILES string of the molecule is CO[C@H](CC/C=C/C(=O)Nc1ccccc1N)[C@H](OC(=O)Nc1ccc(Br)cc1)c1ccc(O)cc1. The summed E-state index contributed by atoms with van der Waals surface area (Å²) in [5.74, 6) is -0.208. The second-order valence-corrected chi connectivity index (χ2v) is 8.80. The summed E-state index contributed by atoms with van der Waals surface area (Å²) in [5.41, 5.74) is 8.11. The molecule has 188 valence electrons. The number of ether oxygens (including phenoxy) is 2. The van der Waals surface area contributed by atoms with E-state index >= 15 is 0 Å². The van der Waals surface area contributed by atoms with Gasteiger partial charge < -0.3 is 25.6 Å². The van der Waals surface area contributed by atoms with Crippen molar-refractivity contribution in [1.29, 1.82) is 0 Å². The van der Waals surface area contributed by atoms with Crippen molar-refractivity contribution in [2.45, 2.75) is 25.0 Å². The Morgan fingerprint density at radius 1 is 1.03 bits per heavy atom. The highest BCUT2D eigenvalue weighted by molar-refractivity contribution is 9.10. The predicted molar refractivity (Wildman–Crippen MR) is 144 cm³/mol. The second kappa shape index (κ2) is 13.3. The number of carbonyl (C=O) groups excluding carboxylic acids is 2. The number of aromatic hydroxyl groups is 1. The highest BCUT2D eigenvalue weighted by atomic mass is 79.9. The monoisotopic (exact) mass is 553 g/mol. The highest BCUT2D eigenvalue weighted by Gasteiger charge is 2.27. The first-order valence-corrected chi connectivity index (χ1v) is 12.0. The van der Waals surface area contributed by atoms with Gasteiger partial charge in [0.25, 0.3) is 0 Å². The smallest absolute Gasteiger partial charge is 0.412 e. The van der Waals surface area contributed by atoms with Crippen LogP contribution < -0.4 is 16.4 Å². The quantitative estimate of drug-likeness (QED) is 0.180. The number of phenols is 1. The van der Waals surface area contributed by atoms with E-state index in [0.29, 0.717) is 35.5 Å². The summed E-state index contributed by atoms with van der Waals surface area (Å²) in [6.45, 7) is 0. The topological polar surface area (TPSA) is 123 Å². The molecule has 3 aromatic carbocycles. The lowest BCUT2D eigenvalue weighted by atomic mass is 10.00. The van der Waals surface area contributed by atoms with Gasteiger partial charge in [0.05, 0.1) is 17.5 Å². The van der Waals surface area contributed by atoms with E-state index in [0.717, 1.165) is 4.47 Å². The molecular formula is C27H28BrN3O5. The number of nitrogens with one attached hydrogen (secondary N) is 2. The van der Waals surface area contributed by atoms with Crippen LogP contribution >= 0.6 is 15.9 Å². The number of methoxy groups -OCH3 is 1. The molecule has 3 rings (SSSR count). The average Bonchev–Trinajstić information content (AvgIpc) is 2.86. The Labute approximate surface area is 218 Å². The number of hydrogen-bond donors (Lipinski definition) is 4. The van der Waals surface area contributed by atoms with E-state index in [1.54, 1.807) is 66.7 Å². The van der Waals surface area contributed by atoms with E-state index in [1.807, 2.05) is 0 Å². The lowest BCUT2D eigenvalue weighted by Gasteiger charge is -2.26. The number of nitrogens with two attached hydrogens (primary N) is 1. The van der Waals surface area contributed by atoms with E-state index < -0.39 is 18.3 Å². The van der Waals surface area contributed by atoms with Crippen LogP contribution in [-0.2, 0) is 14.3 Å². The molecule has 0 aromatic heterocycles. The van der Waals surface area contributed by atoms with Gasteiger partial charge in [-0.15, -0.1) is 0 Å². The molecule has 0 aliphatic carbocycles. The third-order valence-corrected chi connectivity index (χ3v) is 5.82. The maximum atomic E-state index is 12.7. The van der Waals surface area contributed by atoms with Crippen molar-refractivity contribution in [1.82, 2.24) is 0 Å². The van der Waals surface area contributed by atoms with E-state index in [2.05, 4.69) is 26.6 Å². The normalized spacial score (nSPS) is 12.6. The van der Waals surface area contributed by atoms with Crippen LogP contribution in [0.5, 0.6) is 5.75 Å². The van der Waals surface area contributed by atoms with Gasteiger partial charge in [-0.2, -0.15) is 0 Å². The number of benzene rings is 3. The first-order valence-electron chi connectivity index (χ1n) is 11.2. The number of nitrogen functional groups attached to an aromatic ring is 1. The summed E-state index contributed by atoms with van der Waals surface area (Å²) in [4.78, 5) is 24.9. The Morgan fingerprint density at radius 3 is 2.39 bits per heavy atom. The van der Waals surface area contributed by atoms with Crippen LogP contribution in [0.25, 0.3) is 0 Å². The minimum atomic E-state index is -0.752. The first kappa shape index (κ1) is 26.8. The Morgan fingerprint density at radius 2 is 1.72 bits per heavy atom. The number of amides is 2. The van der Waals surface area contributed by atoms with E-state index in [-0.39, 0.29) is 11.7 Å². The molecule has 0 aliphatic heterocycles. The number of halogens is 1. The van der Waals surface area contributed by atoms with Crippen LogP contribution in [0.2, 0.25) is 0 Å². The Bertz CT molecular complexity index is 1180. The number of carbonyl (C=O) groups is 2. The van der Waals surface area contributed by atoms with E-state index in [4.69, 9.17) is 15.2 Å². The van der Waals surface area contributed by atoms with Crippen molar-refractivity contribution < 1.29 is 24.2 Å². The molecule has 0 aliphatic rings. The van der Waals surface area contributed by atoms with Crippen molar-refractivity contribution in [3.63, 3.8) is 0 Å². The number of phenolic OH excluding ortho intramolecular Hbond substituents is 1. The van der Waals surface area contributed by atoms with Crippen LogP contribution in [0, 0.1) is 0 Å². The molecule has 2 atom stereocenters. The molecule has 0 heterocycles.